The molecule has 1 aromatic rings. The molecule has 0 spiro atoms. The van der Waals surface area contributed by atoms with E-state index in [1.807, 2.05) is 0 Å². The fourth-order valence-corrected chi connectivity index (χ4v) is 2.58. The highest BCUT2D eigenvalue weighted by atomic mass is 32.2. The number of aliphatic hydroxyl groups is 1. The Hall–Kier alpha value is -0.850. The molecule has 0 saturated carbocycles. The van der Waals surface area contributed by atoms with E-state index < -0.39 is 0 Å². The van der Waals surface area contributed by atoms with Crippen molar-refractivity contribution in [2.24, 2.45) is 5.84 Å². The van der Waals surface area contributed by atoms with E-state index in [0.29, 0.717) is 11.1 Å². The number of nitrogen functional groups attached to an aromatic ring is 1. The summed E-state index contributed by atoms with van der Waals surface area (Å²) in [6.07, 6.45) is 4.19. The number of nitrogens with one attached hydrogen (secondary N) is 1. The molecule has 0 aliphatic rings. The van der Waals surface area contributed by atoms with E-state index >= 15 is 0 Å². The molecule has 1 aromatic heterocycles. The Morgan fingerprint density at radius 1 is 1.53 bits per heavy atom. The van der Waals surface area contributed by atoms with Gasteiger partial charge in [-0.3, -0.25) is 0 Å². The third-order valence-electron chi connectivity index (χ3n) is 2.39. The zero-order valence-electron chi connectivity index (χ0n) is 10.3. The van der Waals surface area contributed by atoms with Gasteiger partial charge in [0, 0.05) is 17.4 Å². The third kappa shape index (κ3) is 4.14. The number of thioether (sulfide) groups is 1. The lowest BCUT2D eigenvalue weighted by molar-refractivity contribution is 0.289. The molecule has 1 rings (SSSR count). The van der Waals surface area contributed by atoms with Gasteiger partial charge in [0.25, 0.3) is 0 Å². The molecule has 1 atom stereocenters. The summed E-state index contributed by atoms with van der Waals surface area (Å²) < 4.78 is 0. The Morgan fingerprint density at radius 2 is 2.29 bits per heavy atom. The topological polar surface area (TPSA) is 84.1 Å². The van der Waals surface area contributed by atoms with Gasteiger partial charge in [-0.1, -0.05) is 20.3 Å². The molecule has 0 aliphatic heterocycles. The number of aromatic nitrogens is 2. The Bertz CT molecular complexity index is 348. The molecule has 0 saturated heterocycles. The van der Waals surface area contributed by atoms with Crippen LogP contribution in [0.3, 0.4) is 0 Å². The SMILES string of the molecule is CCCc1c(NN)ncnc1SC(C)CCO. The van der Waals surface area contributed by atoms with E-state index in [4.69, 9.17) is 10.9 Å². The number of aliphatic hydroxyl groups excluding tert-OH is 1. The molecule has 0 radical (unpaired) electrons. The minimum atomic E-state index is 0.199. The van der Waals surface area contributed by atoms with Gasteiger partial charge in [0.15, 0.2) is 0 Å². The van der Waals surface area contributed by atoms with Crippen molar-refractivity contribution in [3.63, 3.8) is 0 Å². The van der Waals surface area contributed by atoms with E-state index in [2.05, 4.69) is 29.2 Å². The standard InChI is InChI=1S/C11H20N4OS/c1-3-4-9-10(15-12)13-7-14-11(9)17-8(2)5-6-16/h7-8,16H,3-6,12H2,1-2H3,(H,13,14,15). The smallest absolute Gasteiger partial charge is 0.147 e. The van der Waals surface area contributed by atoms with Crippen LogP contribution in [0, 0.1) is 0 Å². The molecule has 5 nitrogen and oxygen atoms in total. The monoisotopic (exact) mass is 256 g/mol. The van der Waals surface area contributed by atoms with Crippen molar-refractivity contribution in [3.05, 3.63) is 11.9 Å². The summed E-state index contributed by atoms with van der Waals surface area (Å²) in [5.41, 5.74) is 3.67. The van der Waals surface area contributed by atoms with Crippen LogP contribution < -0.4 is 11.3 Å². The lowest BCUT2D eigenvalue weighted by Crippen LogP contribution is -2.13. The minimum absolute atomic E-state index is 0.199. The quantitative estimate of drug-likeness (QED) is 0.297. The Labute approximate surface area is 106 Å². The highest BCUT2D eigenvalue weighted by molar-refractivity contribution is 7.99. The third-order valence-corrected chi connectivity index (χ3v) is 3.60. The average molecular weight is 256 g/mol. The first-order valence-corrected chi connectivity index (χ1v) is 6.68. The van der Waals surface area contributed by atoms with Crippen molar-refractivity contribution >= 4 is 17.6 Å². The molecule has 0 amide bonds. The lowest BCUT2D eigenvalue weighted by Gasteiger charge is -2.14. The molecule has 6 heteroatoms. The van der Waals surface area contributed by atoms with E-state index in [0.717, 1.165) is 29.9 Å². The maximum absolute atomic E-state index is 8.91. The van der Waals surface area contributed by atoms with Crippen LogP contribution in [0.2, 0.25) is 0 Å². The largest absolute Gasteiger partial charge is 0.396 e. The molecule has 0 bridgehead atoms. The highest BCUT2D eigenvalue weighted by Gasteiger charge is 2.13. The van der Waals surface area contributed by atoms with E-state index in [1.54, 1.807) is 11.8 Å². The Kier molecular flexibility index (Phi) is 6.25. The zero-order valence-corrected chi connectivity index (χ0v) is 11.1. The molecular weight excluding hydrogens is 236 g/mol. The zero-order chi connectivity index (χ0) is 12.7. The summed E-state index contributed by atoms with van der Waals surface area (Å²) in [7, 11) is 0. The summed E-state index contributed by atoms with van der Waals surface area (Å²) in [4.78, 5) is 8.42. The Morgan fingerprint density at radius 3 is 2.88 bits per heavy atom. The normalized spacial score (nSPS) is 12.5. The first-order chi connectivity index (χ1) is 8.22. The highest BCUT2D eigenvalue weighted by Crippen LogP contribution is 2.29. The summed E-state index contributed by atoms with van der Waals surface area (Å²) in [6, 6.07) is 0. The molecule has 96 valence electrons. The number of nitrogens with two attached hydrogens (primary N) is 1. The molecule has 0 aromatic carbocycles. The molecule has 0 fully saturated rings. The number of hydrogen-bond acceptors (Lipinski definition) is 6. The first-order valence-electron chi connectivity index (χ1n) is 5.80. The second kappa shape index (κ2) is 7.47. The predicted molar refractivity (Wildman–Crippen MR) is 70.9 cm³/mol. The van der Waals surface area contributed by atoms with Crippen molar-refractivity contribution in [2.45, 2.75) is 43.4 Å². The van der Waals surface area contributed by atoms with Crippen LogP contribution >= 0.6 is 11.8 Å². The van der Waals surface area contributed by atoms with Gasteiger partial charge in [-0.15, -0.1) is 11.8 Å². The van der Waals surface area contributed by atoms with Crippen LogP contribution in [0.25, 0.3) is 0 Å². The van der Waals surface area contributed by atoms with Crippen LogP contribution in [0.1, 0.15) is 32.3 Å². The van der Waals surface area contributed by atoms with Crippen molar-refractivity contribution in [1.82, 2.24) is 9.97 Å². The van der Waals surface area contributed by atoms with Gasteiger partial charge < -0.3 is 10.5 Å². The molecule has 1 unspecified atom stereocenters. The van der Waals surface area contributed by atoms with Gasteiger partial charge >= 0.3 is 0 Å². The predicted octanol–water partition coefficient (Wildman–Crippen LogP) is 1.58. The average Bonchev–Trinajstić information content (AvgIpc) is 2.32. The molecule has 0 aliphatic carbocycles. The van der Waals surface area contributed by atoms with Crippen LogP contribution in [-0.2, 0) is 6.42 Å². The molecule has 1 heterocycles. The number of nitrogens with zero attached hydrogens (tertiary/aromatic N) is 2. The summed E-state index contributed by atoms with van der Waals surface area (Å²) in [5, 5.41) is 10.2. The van der Waals surface area contributed by atoms with Gasteiger partial charge in [0.05, 0.1) is 0 Å². The maximum Gasteiger partial charge on any atom is 0.147 e. The van der Waals surface area contributed by atoms with Crippen molar-refractivity contribution in [2.75, 3.05) is 12.0 Å². The molecule has 17 heavy (non-hydrogen) atoms. The van der Waals surface area contributed by atoms with E-state index in [-0.39, 0.29) is 6.61 Å². The van der Waals surface area contributed by atoms with E-state index in [1.165, 1.54) is 6.33 Å². The summed E-state index contributed by atoms with van der Waals surface area (Å²) >= 11 is 1.66. The number of rotatable bonds is 7. The van der Waals surface area contributed by atoms with Crippen molar-refractivity contribution in [1.29, 1.82) is 0 Å². The van der Waals surface area contributed by atoms with Gasteiger partial charge in [-0.05, 0) is 12.8 Å². The second-order valence-corrected chi connectivity index (χ2v) is 5.27. The molecular formula is C11H20N4OS. The number of hydrazine groups is 1. The van der Waals surface area contributed by atoms with Gasteiger partial charge in [0.2, 0.25) is 0 Å². The maximum atomic E-state index is 8.91. The second-order valence-electron chi connectivity index (χ2n) is 3.84. The van der Waals surface area contributed by atoms with Crippen molar-refractivity contribution < 1.29 is 5.11 Å². The first kappa shape index (κ1) is 14.2. The van der Waals surface area contributed by atoms with Gasteiger partial charge in [-0.25, -0.2) is 15.8 Å². The van der Waals surface area contributed by atoms with Crippen molar-refractivity contribution in [3.8, 4) is 0 Å². The van der Waals surface area contributed by atoms with Gasteiger partial charge in [-0.2, -0.15) is 0 Å². The number of hydrogen-bond donors (Lipinski definition) is 3. The fourth-order valence-electron chi connectivity index (χ4n) is 1.53. The molecule has 4 N–H and O–H groups in total. The summed E-state index contributed by atoms with van der Waals surface area (Å²) in [5.74, 6) is 6.14. The Balaban J connectivity index is 2.89. The van der Waals surface area contributed by atoms with E-state index in [9.17, 15) is 0 Å². The van der Waals surface area contributed by atoms with Crippen LogP contribution in [0.4, 0.5) is 5.82 Å². The van der Waals surface area contributed by atoms with Gasteiger partial charge in [0.1, 0.15) is 17.2 Å². The van der Waals surface area contributed by atoms with Crippen LogP contribution in [0.5, 0.6) is 0 Å². The van der Waals surface area contributed by atoms with Crippen LogP contribution in [0.15, 0.2) is 11.4 Å². The number of anilines is 1. The fraction of sp³-hybridized carbons (Fsp3) is 0.636. The minimum Gasteiger partial charge on any atom is -0.396 e. The lowest BCUT2D eigenvalue weighted by atomic mass is 10.2. The van der Waals surface area contributed by atoms with Crippen LogP contribution in [-0.4, -0.2) is 26.9 Å². The summed E-state index contributed by atoms with van der Waals surface area (Å²) in [6.45, 7) is 4.39.